The zero-order valence-electron chi connectivity index (χ0n) is 18.0. The van der Waals surface area contributed by atoms with Crippen LogP contribution in [0.3, 0.4) is 0 Å². The first kappa shape index (κ1) is 22.2. The quantitative estimate of drug-likeness (QED) is 0.629. The van der Waals surface area contributed by atoms with Crippen molar-refractivity contribution in [3.05, 3.63) is 59.1 Å². The summed E-state index contributed by atoms with van der Waals surface area (Å²) in [5.41, 5.74) is 1.86. The second-order valence-electron chi connectivity index (χ2n) is 8.81. The molecule has 0 radical (unpaired) electrons. The average molecular weight is 457 g/mol. The molecule has 1 saturated carbocycles. The molecule has 2 amide bonds. The number of hydrogen-bond donors (Lipinski definition) is 1. The SMILES string of the molecule is CC1CCC(NC(=O)[C@H](C)[C@H]2Sc3ccccc3N(Cc3cccc(Cl)c3)C2=O)CC1. The molecule has 31 heavy (non-hydrogen) atoms. The molecule has 1 aliphatic carbocycles. The van der Waals surface area contributed by atoms with Gasteiger partial charge >= 0.3 is 0 Å². The van der Waals surface area contributed by atoms with Gasteiger partial charge in [-0.2, -0.15) is 0 Å². The number of nitrogens with zero attached hydrogens (tertiary/aromatic N) is 1. The number of thioether (sulfide) groups is 1. The minimum Gasteiger partial charge on any atom is -0.353 e. The molecular formula is C25H29ClN2O2S. The Bertz CT molecular complexity index is 958. The van der Waals surface area contributed by atoms with Crippen molar-refractivity contribution >= 4 is 40.9 Å². The number of halogens is 1. The van der Waals surface area contributed by atoms with Gasteiger partial charge in [0.05, 0.1) is 18.2 Å². The van der Waals surface area contributed by atoms with Crippen LogP contribution in [0, 0.1) is 11.8 Å². The Kier molecular flexibility index (Phi) is 6.92. The maximum absolute atomic E-state index is 13.6. The van der Waals surface area contributed by atoms with E-state index in [9.17, 15) is 9.59 Å². The number of carbonyl (C=O) groups is 2. The zero-order chi connectivity index (χ0) is 22.0. The maximum atomic E-state index is 13.6. The lowest BCUT2D eigenvalue weighted by Crippen LogP contribution is -2.49. The topological polar surface area (TPSA) is 49.4 Å². The Balaban J connectivity index is 1.53. The fourth-order valence-corrected chi connectivity index (χ4v) is 5.91. The molecule has 1 fully saturated rings. The second kappa shape index (κ2) is 9.66. The highest BCUT2D eigenvalue weighted by Crippen LogP contribution is 2.42. The van der Waals surface area contributed by atoms with Crippen molar-refractivity contribution in [3.8, 4) is 0 Å². The first-order chi connectivity index (χ1) is 14.9. The summed E-state index contributed by atoms with van der Waals surface area (Å²) in [6.45, 7) is 4.58. The molecule has 0 spiro atoms. The monoisotopic (exact) mass is 456 g/mol. The molecule has 0 unspecified atom stereocenters. The van der Waals surface area contributed by atoms with E-state index in [2.05, 4.69) is 12.2 Å². The lowest BCUT2D eigenvalue weighted by molar-refractivity contribution is -0.129. The largest absolute Gasteiger partial charge is 0.353 e. The molecule has 2 aliphatic rings. The van der Waals surface area contributed by atoms with Crippen molar-refractivity contribution in [1.29, 1.82) is 0 Å². The molecule has 0 aromatic heterocycles. The third-order valence-electron chi connectivity index (χ3n) is 6.38. The van der Waals surface area contributed by atoms with Crippen molar-refractivity contribution in [3.63, 3.8) is 0 Å². The molecule has 1 aliphatic heterocycles. The highest BCUT2D eigenvalue weighted by atomic mass is 35.5. The van der Waals surface area contributed by atoms with Gasteiger partial charge in [0.25, 0.3) is 0 Å². The van der Waals surface area contributed by atoms with Gasteiger partial charge in [0.1, 0.15) is 5.25 Å². The van der Waals surface area contributed by atoms with Gasteiger partial charge in [-0.25, -0.2) is 0 Å². The van der Waals surface area contributed by atoms with Gasteiger partial charge in [0, 0.05) is 16.0 Å². The molecule has 0 bridgehead atoms. The number of amides is 2. The Morgan fingerprint density at radius 1 is 1.16 bits per heavy atom. The number of rotatable bonds is 5. The van der Waals surface area contributed by atoms with Crippen LogP contribution in [-0.2, 0) is 16.1 Å². The number of benzene rings is 2. The van der Waals surface area contributed by atoms with Crippen LogP contribution in [0.1, 0.15) is 45.1 Å². The summed E-state index contributed by atoms with van der Waals surface area (Å²) in [6.07, 6.45) is 4.35. The van der Waals surface area contributed by atoms with Crippen LogP contribution in [0.25, 0.3) is 0 Å². The number of para-hydroxylation sites is 1. The van der Waals surface area contributed by atoms with Crippen molar-refractivity contribution in [1.82, 2.24) is 5.32 Å². The van der Waals surface area contributed by atoms with E-state index in [0.29, 0.717) is 11.6 Å². The number of hydrogen-bond acceptors (Lipinski definition) is 3. The summed E-state index contributed by atoms with van der Waals surface area (Å²) in [4.78, 5) is 29.4. The van der Waals surface area contributed by atoms with E-state index < -0.39 is 11.2 Å². The fourth-order valence-electron chi connectivity index (χ4n) is 4.41. The number of carbonyl (C=O) groups excluding carboxylic acids is 2. The maximum Gasteiger partial charge on any atom is 0.241 e. The first-order valence-corrected chi connectivity index (χ1v) is 12.3. The molecule has 2 atom stereocenters. The minimum atomic E-state index is -0.448. The Morgan fingerprint density at radius 2 is 1.90 bits per heavy atom. The molecule has 1 heterocycles. The van der Waals surface area contributed by atoms with Crippen LogP contribution in [0.4, 0.5) is 5.69 Å². The lowest BCUT2D eigenvalue weighted by Gasteiger charge is -2.36. The van der Waals surface area contributed by atoms with Crippen LogP contribution in [-0.4, -0.2) is 23.1 Å². The van der Waals surface area contributed by atoms with Crippen LogP contribution >= 0.6 is 23.4 Å². The summed E-state index contributed by atoms with van der Waals surface area (Å²) in [6, 6.07) is 15.7. The number of fused-ring (bicyclic) bond motifs is 1. The fraction of sp³-hybridized carbons (Fsp3) is 0.440. The molecule has 0 saturated heterocycles. The van der Waals surface area contributed by atoms with Gasteiger partial charge in [0.15, 0.2) is 0 Å². The Hall–Kier alpha value is -1.98. The average Bonchev–Trinajstić information content (AvgIpc) is 2.76. The first-order valence-electron chi connectivity index (χ1n) is 11.0. The second-order valence-corrected chi connectivity index (χ2v) is 10.4. The Labute approximate surface area is 193 Å². The van der Waals surface area contributed by atoms with Crippen molar-refractivity contribution in [2.75, 3.05) is 4.90 Å². The molecule has 4 rings (SSSR count). The standard InChI is InChI=1S/C25H29ClN2O2S/c1-16-10-12-20(13-11-16)27-24(29)17(2)23-25(30)28(15-18-6-5-7-19(26)14-18)21-8-3-4-9-22(21)31-23/h3-9,14,16-17,20,23H,10-13,15H2,1-2H3,(H,27,29)/t16?,17-,20?,23-/m1/s1. The van der Waals surface area contributed by atoms with Gasteiger partial charge < -0.3 is 10.2 Å². The van der Waals surface area contributed by atoms with Gasteiger partial charge in [-0.1, -0.05) is 49.7 Å². The molecule has 2 aromatic carbocycles. The van der Waals surface area contributed by atoms with Crippen LogP contribution in [0.5, 0.6) is 0 Å². The van der Waals surface area contributed by atoms with E-state index >= 15 is 0 Å². The highest BCUT2D eigenvalue weighted by Gasteiger charge is 2.40. The summed E-state index contributed by atoms with van der Waals surface area (Å²) < 4.78 is 0. The minimum absolute atomic E-state index is 0.0208. The van der Waals surface area contributed by atoms with Crippen molar-refractivity contribution in [2.24, 2.45) is 11.8 Å². The van der Waals surface area contributed by atoms with Crippen molar-refractivity contribution < 1.29 is 9.59 Å². The van der Waals surface area contributed by atoms with Crippen LogP contribution in [0.2, 0.25) is 5.02 Å². The van der Waals surface area contributed by atoms with Gasteiger partial charge in [-0.15, -0.1) is 11.8 Å². The summed E-state index contributed by atoms with van der Waals surface area (Å²) in [7, 11) is 0. The lowest BCUT2D eigenvalue weighted by atomic mass is 9.87. The predicted molar refractivity (Wildman–Crippen MR) is 127 cm³/mol. The van der Waals surface area contributed by atoms with E-state index in [1.807, 2.05) is 55.5 Å². The summed E-state index contributed by atoms with van der Waals surface area (Å²) >= 11 is 7.66. The predicted octanol–water partition coefficient (Wildman–Crippen LogP) is 5.68. The summed E-state index contributed by atoms with van der Waals surface area (Å²) in [5.74, 6) is 0.278. The van der Waals surface area contributed by atoms with Crippen LogP contribution < -0.4 is 10.2 Å². The molecule has 2 aromatic rings. The summed E-state index contributed by atoms with van der Waals surface area (Å²) in [5, 5.41) is 3.41. The Morgan fingerprint density at radius 3 is 2.65 bits per heavy atom. The van der Waals surface area contributed by atoms with Gasteiger partial charge in [-0.05, 0) is 61.4 Å². The molecular weight excluding hydrogens is 428 g/mol. The van der Waals surface area contributed by atoms with Crippen molar-refractivity contribution in [2.45, 2.75) is 62.3 Å². The molecule has 1 N–H and O–H groups in total. The normalized spacial score (nSPS) is 24.4. The third kappa shape index (κ3) is 5.09. The van der Waals surface area contributed by atoms with Gasteiger partial charge in [-0.3, -0.25) is 9.59 Å². The van der Waals surface area contributed by atoms with E-state index in [1.165, 1.54) is 11.8 Å². The van der Waals surface area contributed by atoms with E-state index in [4.69, 9.17) is 11.6 Å². The van der Waals surface area contributed by atoms with Gasteiger partial charge in [0.2, 0.25) is 11.8 Å². The smallest absolute Gasteiger partial charge is 0.241 e. The van der Waals surface area contributed by atoms with Crippen LogP contribution in [0.15, 0.2) is 53.4 Å². The third-order valence-corrected chi connectivity index (χ3v) is 8.08. The van der Waals surface area contributed by atoms with E-state index in [1.54, 1.807) is 4.90 Å². The number of anilines is 1. The zero-order valence-corrected chi connectivity index (χ0v) is 19.6. The van der Waals surface area contributed by atoms with E-state index in [-0.39, 0.29) is 17.9 Å². The number of nitrogens with one attached hydrogen (secondary N) is 1. The molecule has 164 valence electrons. The molecule has 4 nitrogen and oxygen atoms in total. The highest BCUT2D eigenvalue weighted by molar-refractivity contribution is 8.01. The van der Waals surface area contributed by atoms with E-state index in [0.717, 1.165) is 47.7 Å². The molecule has 6 heteroatoms.